The molecule has 2 aromatic carbocycles. The van der Waals surface area contributed by atoms with Gasteiger partial charge in [0.05, 0.1) is 11.7 Å². The van der Waals surface area contributed by atoms with Crippen LogP contribution in [0.15, 0.2) is 42.5 Å². The number of carbonyl (C=O) groups excluding carboxylic acids is 2. The van der Waals surface area contributed by atoms with Gasteiger partial charge in [0.15, 0.2) is 6.61 Å². The van der Waals surface area contributed by atoms with Crippen molar-refractivity contribution in [2.45, 2.75) is 33.2 Å². The molecule has 1 heterocycles. The van der Waals surface area contributed by atoms with E-state index in [0.29, 0.717) is 17.0 Å². The lowest BCUT2D eigenvalue weighted by molar-refractivity contribution is -0.118. The summed E-state index contributed by atoms with van der Waals surface area (Å²) in [5.41, 5.74) is 3.38. The summed E-state index contributed by atoms with van der Waals surface area (Å²) in [4.78, 5) is 24.2. The lowest BCUT2D eigenvalue weighted by atomic mass is 9.94. The van der Waals surface area contributed by atoms with Gasteiger partial charge in [-0.3, -0.25) is 9.59 Å². The number of benzene rings is 2. The number of anilines is 1. The average molecular weight is 352 g/mol. The van der Waals surface area contributed by atoms with Crippen molar-refractivity contribution in [1.82, 2.24) is 5.32 Å². The van der Waals surface area contributed by atoms with Gasteiger partial charge in [-0.25, -0.2) is 0 Å². The van der Waals surface area contributed by atoms with Gasteiger partial charge in [-0.15, -0.1) is 0 Å². The van der Waals surface area contributed by atoms with E-state index < -0.39 is 0 Å². The summed E-state index contributed by atoms with van der Waals surface area (Å²) in [6, 6.07) is 13.3. The highest BCUT2D eigenvalue weighted by atomic mass is 16.5. The van der Waals surface area contributed by atoms with Crippen LogP contribution in [0, 0.1) is 5.92 Å². The zero-order valence-electron chi connectivity index (χ0n) is 15.3. The number of aryl methyl sites for hydroxylation is 1. The van der Waals surface area contributed by atoms with Gasteiger partial charge in [0.1, 0.15) is 5.75 Å². The van der Waals surface area contributed by atoms with Crippen LogP contribution in [0.3, 0.4) is 0 Å². The molecule has 0 saturated carbocycles. The minimum Gasteiger partial charge on any atom is -0.482 e. The smallest absolute Gasteiger partial charge is 0.262 e. The normalized spacial score (nSPS) is 14.2. The maximum Gasteiger partial charge on any atom is 0.262 e. The summed E-state index contributed by atoms with van der Waals surface area (Å²) in [7, 11) is 0. The first-order chi connectivity index (χ1) is 12.5. The second-order valence-corrected chi connectivity index (χ2v) is 6.84. The van der Waals surface area contributed by atoms with Crippen LogP contribution in [0.25, 0.3) is 0 Å². The highest BCUT2D eigenvalue weighted by Crippen LogP contribution is 2.29. The van der Waals surface area contributed by atoms with E-state index in [2.05, 4.69) is 55.7 Å². The number of rotatable bonds is 5. The average Bonchev–Trinajstić information content (AvgIpc) is 2.65. The second-order valence-electron chi connectivity index (χ2n) is 6.84. The quantitative estimate of drug-likeness (QED) is 0.862. The summed E-state index contributed by atoms with van der Waals surface area (Å²) in [5.74, 6) is 0.431. The van der Waals surface area contributed by atoms with E-state index in [1.54, 1.807) is 18.2 Å². The Bertz CT molecular complexity index is 813. The third-order valence-electron chi connectivity index (χ3n) is 4.57. The van der Waals surface area contributed by atoms with Crippen molar-refractivity contribution in [3.05, 3.63) is 59.2 Å². The van der Waals surface area contributed by atoms with Crippen molar-refractivity contribution < 1.29 is 14.3 Å². The standard InChI is InChI=1S/C21H24N2O3/c1-4-14-5-7-15(8-6-14)20(13(2)3)23-21(25)16-9-10-18-17(11-16)22-19(24)12-26-18/h5-11,13,20H,4,12H2,1-3H3,(H,22,24)(H,23,25). The van der Waals surface area contributed by atoms with Gasteiger partial charge in [-0.1, -0.05) is 45.0 Å². The summed E-state index contributed by atoms with van der Waals surface area (Å²) in [6.45, 7) is 6.29. The van der Waals surface area contributed by atoms with Crippen LogP contribution in [-0.2, 0) is 11.2 Å². The van der Waals surface area contributed by atoms with E-state index in [1.807, 2.05) is 0 Å². The molecule has 0 radical (unpaired) electrons. The molecule has 1 unspecified atom stereocenters. The van der Waals surface area contributed by atoms with Crippen LogP contribution in [0.1, 0.15) is 48.3 Å². The number of amides is 2. The van der Waals surface area contributed by atoms with E-state index in [0.717, 1.165) is 12.0 Å². The molecule has 0 bridgehead atoms. The molecule has 3 rings (SSSR count). The number of ether oxygens (including phenoxy) is 1. The van der Waals surface area contributed by atoms with Crippen molar-refractivity contribution in [3.8, 4) is 5.75 Å². The first kappa shape index (κ1) is 18.0. The zero-order chi connectivity index (χ0) is 18.7. The van der Waals surface area contributed by atoms with Crippen molar-refractivity contribution >= 4 is 17.5 Å². The lowest BCUT2D eigenvalue weighted by Gasteiger charge is -2.24. The van der Waals surface area contributed by atoms with Crippen LogP contribution in [0.4, 0.5) is 5.69 Å². The van der Waals surface area contributed by atoms with Gasteiger partial charge in [0.2, 0.25) is 0 Å². The molecular weight excluding hydrogens is 328 g/mol. The Kier molecular flexibility index (Phi) is 5.26. The summed E-state index contributed by atoms with van der Waals surface area (Å²) < 4.78 is 5.34. The molecule has 2 aromatic rings. The maximum absolute atomic E-state index is 12.8. The Hall–Kier alpha value is -2.82. The molecule has 0 aromatic heterocycles. The molecule has 5 heteroatoms. The number of hydrogen-bond donors (Lipinski definition) is 2. The molecule has 0 spiro atoms. The van der Waals surface area contributed by atoms with Crippen molar-refractivity contribution in [3.63, 3.8) is 0 Å². The molecule has 5 nitrogen and oxygen atoms in total. The topological polar surface area (TPSA) is 67.4 Å². The molecule has 2 N–H and O–H groups in total. The van der Waals surface area contributed by atoms with Crippen molar-refractivity contribution in [2.75, 3.05) is 11.9 Å². The fourth-order valence-corrected chi connectivity index (χ4v) is 3.04. The van der Waals surface area contributed by atoms with Crippen LogP contribution in [0.2, 0.25) is 0 Å². The summed E-state index contributed by atoms with van der Waals surface area (Å²) >= 11 is 0. The van der Waals surface area contributed by atoms with Crippen LogP contribution >= 0.6 is 0 Å². The van der Waals surface area contributed by atoms with Crippen LogP contribution < -0.4 is 15.4 Å². The fraction of sp³-hybridized carbons (Fsp3) is 0.333. The Labute approximate surface area is 153 Å². The fourth-order valence-electron chi connectivity index (χ4n) is 3.04. The Morgan fingerprint density at radius 1 is 1.19 bits per heavy atom. The molecule has 0 saturated heterocycles. The second kappa shape index (κ2) is 7.60. The highest BCUT2D eigenvalue weighted by Gasteiger charge is 2.21. The van der Waals surface area contributed by atoms with Gasteiger partial charge in [0.25, 0.3) is 11.8 Å². The minimum absolute atomic E-state index is 0.00171. The van der Waals surface area contributed by atoms with Gasteiger partial charge < -0.3 is 15.4 Å². The monoisotopic (exact) mass is 352 g/mol. The molecule has 1 aliphatic rings. The van der Waals surface area contributed by atoms with E-state index >= 15 is 0 Å². The molecule has 1 aliphatic heterocycles. The molecule has 26 heavy (non-hydrogen) atoms. The molecule has 136 valence electrons. The minimum atomic E-state index is -0.217. The van der Waals surface area contributed by atoms with E-state index in [-0.39, 0.29) is 30.4 Å². The number of nitrogens with one attached hydrogen (secondary N) is 2. The van der Waals surface area contributed by atoms with Gasteiger partial charge in [0, 0.05) is 5.56 Å². The summed E-state index contributed by atoms with van der Waals surface area (Å²) in [5, 5.41) is 5.84. The molecular formula is C21H24N2O3. The largest absolute Gasteiger partial charge is 0.482 e. The van der Waals surface area contributed by atoms with E-state index in [4.69, 9.17) is 4.74 Å². The van der Waals surface area contributed by atoms with Gasteiger partial charge >= 0.3 is 0 Å². The van der Waals surface area contributed by atoms with Gasteiger partial charge in [-0.2, -0.15) is 0 Å². The predicted octanol–water partition coefficient (Wildman–Crippen LogP) is 3.71. The van der Waals surface area contributed by atoms with Crippen molar-refractivity contribution in [2.24, 2.45) is 5.92 Å². The third-order valence-corrected chi connectivity index (χ3v) is 4.57. The third kappa shape index (κ3) is 3.87. The number of hydrogen-bond acceptors (Lipinski definition) is 3. The highest BCUT2D eigenvalue weighted by molar-refractivity contribution is 6.00. The predicted molar refractivity (Wildman–Crippen MR) is 101 cm³/mol. The maximum atomic E-state index is 12.8. The van der Waals surface area contributed by atoms with Crippen molar-refractivity contribution in [1.29, 1.82) is 0 Å². The number of fused-ring (bicyclic) bond motifs is 1. The summed E-state index contributed by atoms with van der Waals surface area (Å²) in [6.07, 6.45) is 0.988. The Balaban J connectivity index is 1.79. The molecule has 0 fully saturated rings. The molecule has 1 atom stereocenters. The lowest BCUT2D eigenvalue weighted by Crippen LogP contribution is -2.32. The SMILES string of the molecule is CCc1ccc(C(NC(=O)c2ccc3c(c2)NC(=O)CO3)C(C)C)cc1. The van der Waals surface area contributed by atoms with Crippen LogP contribution in [0.5, 0.6) is 5.75 Å². The molecule has 0 aliphatic carbocycles. The first-order valence-corrected chi connectivity index (χ1v) is 8.94. The first-order valence-electron chi connectivity index (χ1n) is 8.94. The van der Waals surface area contributed by atoms with E-state index in [9.17, 15) is 9.59 Å². The Morgan fingerprint density at radius 2 is 1.92 bits per heavy atom. The molecule has 2 amide bonds. The van der Waals surface area contributed by atoms with Gasteiger partial charge in [-0.05, 0) is 41.7 Å². The van der Waals surface area contributed by atoms with E-state index in [1.165, 1.54) is 5.56 Å². The zero-order valence-corrected chi connectivity index (χ0v) is 15.3. The Morgan fingerprint density at radius 3 is 2.58 bits per heavy atom. The van der Waals surface area contributed by atoms with Crippen LogP contribution in [-0.4, -0.2) is 18.4 Å². The number of carbonyl (C=O) groups is 2.